The molecule has 0 saturated carbocycles. The molecule has 24 heavy (non-hydrogen) atoms. The molecule has 0 aliphatic carbocycles. The molecule has 2 aromatic heterocycles. The molecule has 1 N–H and O–H groups in total. The maximum Gasteiger partial charge on any atom is 0.0895 e. The van der Waals surface area contributed by atoms with Crippen molar-refractivity contribution in [2.24, 2.45) is 0 Å². The van der Waals surface area contributed by atoms with Gasteiger partial charge in [-0.05, 0) is 30.9 Å². The molecule has 8 heteroatoms. The van der Waals surface area contributed by atoms with Crippen molar-refractivity contribution in [2.75, 3.05) is 39.4 Å². The number of piperidine rings is 1. The van der Waals surface area contributed by atoms with Gasteiger partial charge >= 0.3 is 0 Å². The molecule has 4 heterocycles. The van der Waals surface area contributed by atoms with Crippen LogP contribution in [-0.2, 0) is 17.8 Å². The standard InChI is InChI=1S/C16H24N6OS/c1-2-13(9-22(3-1)11-15-12-24-20-18-15)16-14(8-17-19-16)10-21-4-6-23-7-5-21/h8,12-13H,1-7,9-11H2,(H,17,19). The summed E-state index contributed by atoms with van der Waals surface area (Å²) in [5.41, 5.74) is 3.75. The van der Waals surface area contributed by atoms with E-state index in [0.717, 1.165) is 58.2 Å². The molecule has 1 unspecified atom stereocenters. The first-order valence-corrected chi connectivity index (χ1v) is 9.52. The predicted molar refractivity (Wildman–Crippen MR) is 91.8 cm³/mol. The topological polar surface area (TPSA) is 70.2 Å². The molecule has 0 spiro atoms. The lowest BCUT2D eigenvalue weighted by Gasteiger charge is -2.33. The zero-order valence-electron chi connectivity index (χ0n) is 13.9. The fraction of sp³-hybridized carbons (Fsp3) is 0.688. The number of aromatic nitrogens is 4. The van der Waals surface area contributed by atoms with Crippen molar-refractivity contribution in [3.05, 3.63) is 28.5 Å². The van der Waals surface area contributed by atoms with Gasteiger partial charge in [-0.15, -0.1) is 5.10 Å². The highest BCUT2D eigenvalue weighted by Gasteiger charge is 2.26. The third-order valence-electron chi connectivity index (χ3n) is 4.95. The summed E-state index contributed by atoms with van der Waals surface area (Å²) in [5, 5.41) is 13.9. The lowest BCUT2D eigenvalue weighted by molar-refractivity contribution is 0.0339. The second kappa shape index (κ2) is 7.69. The average Bonchev–Trinajstić information content (AvgIpc) is 3.28. The van der Waals surface area contributed by atoms with E-state index in [1.165, 1.54) is 35.6 Å². The lowest BCUT2D eigenvalue weighted by Crippen LogP contribution is -2.37. The molecule has 2 aromatic rings. The predicted octanol–water partition coefficient (Wildman–Crippen LogP) is 1.47. The quantitative estimate of drug-likeness (QED) is 0.882. The Labute approximate surface area is 146 Å². The van der Waals surface area contributed by atoms with Crippen LogP contribution in [0.1, 0.15) is 35.7 Å². The van der Waals surface area contributed by atoms with Gasteiger partial charge < -0.3 is 4.74 Å². The minimum Gasteiger partial charge on any atom is -0.379 e. The molecule has 7 nitrogen and oxygen atoms in total. The molecule has 0 aromatic carbocycles. The number of ether oxygens (including phenoxy) is 1. The van der Waals surface area contributed by atoms with Crippen LogP contribution in [-0.4, -0.2) is 69.0 Å². The van der Waals surface area contributed by atoms with E-state index < -0.39 is 0 Å². The number of nitrogens with zero attached hydrogens (tertiary/aromatic N) is 5. The van der Waals surface area contributed by atoms with Crippen LogP contribution < -0.4 is 0 Å². The first-order chi connectivity index (χ1) is 11.9. The van der Waals surface area contributed by atoms with Gasteiger partial charge in [0.1, 0.15) is 0 Å². The zero-order chi connectivity index (χ0) is 16.2. The molecule has 1 atom stereocenters. The van der Waals surface area contributed by atoms with Crippen LogP contribution in [0, 0.1) is 0 Å². The average molecular weight is 348 g/mol. The third-order valence-corrected chi connectivity index (χ3v) is 5.51. The van der Waals surface area contributed by atoms with Crippen molar-refractivity contribution >= 4 is 11.5 Å². The monoisotopic (exact) mass is 348 g/mol. The molecule has 130 valence electrons. The molecule has 2 saturated heterocycles. The fourth-order valence-corrected chi connectivity index (χ4v) is 4.16. The Morgan fingerprint density at radius 1 is 1.21 bits per heavy atom. The van der Waals surface area contributed by atoms with Gasteiger partial charge in [0.2, 0.25) is 0 Å². The molecule has 0 amide bonds. The number of rotatable bonds is 5. The fourth-order valence-electron chi connectivity index (χ4n) is 3.72. The summed E-state index contributed by atoms with van der Waals surface area (Å²) >= 11 is 1.43. The summed E-state index contributed by atoms with van der Waals surface area (Å²) in [6, 6.07) is 0. The van der Waals surface area contributed by atoms with Gasteiger partial charge in [0.15, 0.2) is 0 Å². The van der Waals surface area contributed by atoms with Crippen LogP contribution >= 0.6 is 11.5 Å². The van der Waals surface area contributed by atoms with Gasteiger partial charge in [-0.1, -0.05) is 4.49 Å². The van der Waals surface area contributed by atoms with Crippen molar-refractivity contribution in [3.8, 4) is 0 Å². The number of nitrogens with one attached hydrogen (secondary N) is 1. The van der Waals surface area contributed by atoms with E-state index in [-0.39, 0.29) is 0 Å². The Morgan fingerprint density at radius 3 is 2.96 bits per heavy atom. The number of hydrogen-bond donors (Lipinski definition) is 1. The van der Waals surface area contributed by atoms with Crippen LogP contribution in [0.25, 0.3) is 0 Å². The number of H-pyrrole nitrogens is 1. The molecule has 2 fully saturated rings. The molecular formula is C16H24N6OS. The largest absolute Gasteiger partial charge is 0.379 e. The van der Waals surface area contributed by atoms with Crippen molar-refractivity contribution in [1.29, 1.82) is 0 Å². The molecule has 0 bridgehead atoms. The maximum absolute atomic E-state index is 5.45. The van der Waals surface area contributed by atoms with Crippen LogP contribution in [0.15, 0.2) is 11.6 Å². The van der Waals surface area contributed by atoms with Crippen molar-refractivity contribution in [2.45, 2.75) is 31.8 Å². The van der Waals surface area contributed by atoms with E-state index in [1.54, 1.807) is 0 Å². The van der Waals surface area contributed by atoms with Crippen LogP contribution in [0.2, 0.25) is 0 Å². The number of likely N-dealkylation sites (tertiary alicyclic amines) is 1. The summed E-state index contributed by atoms with van der Waals surface area (Å²) in [4.78, 5) is 4.95. The SMILES string of the molecule is c1snnc1CN1CCCC(c2[nH]ncc2CN2CCOCC2)C1. The van der Waals surface area contributed by atoms with Crippen LogP contribution in [0.4, 0.5) is 0 Å². The van der Waals surface area contributed by atoms with Gasteiger partial charge in [0.05, 0.1) is 25.1 Å². The third kappa shape index (κ3) is 3.83. The van der Waals surface area contributed by atoms with Gasteiger partial charge in [-0.2, -0.15) is 5.10 Å². The second-order valence-corrected chi connectivity index (χ2v) is 7.28. The molecular weight excluding hydrogens is 324 g/mol. The first-order valence-electron chi connectivity index (χ1n) is 8.69. The van der Waals surface area contributed by atoms with Crippen LogP contribution in [0.3, 0.4) is 0 Å². The van der Waals surface area contributed by atoms with E-state index in [9.17, 15) is 0 Å². The van der Waals surface area contributed by atoms with E-state index in [1.807, 2.05) is 11.6 Å². The molecule has 2 aliphatic rings. The van der Waals surface area contributed by atoms with E-state index >= 15 is 0 Å². The smallest absolute Gasteiger partial charge is 0.0895 e. The normalized spacial score (nSPS) is 23.6. The van der Waals surface area contributed by atoms with Crippen LogP contribution in [0.5, 0.6) is 0 Å². The molecule has 0 radical (unpaired) electrons. The van der Waals surface area contributed by atoms with Crippen molar-refractivity contribution in [1.82, 2.24) is 29.6 Å². The van der Waals surface area contributed by atoms with Crippen molar-refractivity contribution < 1.29 is 4.74 Å². The van der Waals surface area contributed by atoms with Gasteiger partial charge in [0.25, 0.3) is 0 Å². The highest BCUT2D eigenvalue weighted by molar-refractivity contribution is 7.03. The second-order valence-electron chi connectivity index (χ2n) is 6.67. The number of hydrogen-bond acceptors (Lipinski definition) is 7. The Morgan fingerprint density at radius 2 is 2.12 bits per heavy atom. The molecule has 4 rings (SSSR count). The Kier molecular flexibility index (Phi) is 5.17. The summed E-state index contributed by atoms with van der Waals surface area (Å²) < 4.78 is 9.42. The van der Waals surface area contributed by atoms with Crippen molar-refractivity contribution in [3.63, 3.8) is 0 Å². The Bertz CT molecular complexity index is 624. The Balaban J connectivity index is 1.40. The summed E-state index contributed by atoms with van der Waals surface area (Å²) in [5.74, 6) is 0.531. The highest BCUT2D eigenvalue weighted by Crippen LogP contribution is 2.29. The first kappa shape index (κ1) is 16.1. The maximum atomic E-state index is 5.45. The molecule has 2 aliphatic heterocycles. The summed E-state index contributed by atoms with van der Waals surface area (Å²) in [6.07, 6.45) is 4.45. The van der Waals surface area contributed by atoms with Gasteiger partial charge in [-0.25, -0.2) is 0 Å². The minimum absolute atomic E-state index is 0.531. The lowest BCUT2D eigenvalue weighted by atomic mass is 9.92. The zero-order valence-corrected chi connectivity index (χ0v) is 14.7. The number of morpholine rings is 1. The summed E-state index contributed by atoms with van der Waals surface area (Å²) in [6.45, 7) is 7.78. The van der Waals surface area contributed by atoms with Gasteiger partial charge in [-0.3, -0.25) is 14.9 Å². The number of aromatic amines is 1. The highest BCUT2D eigenvalue weighted by atomic mass is 32.1. The van der Waals surface area contributed by atoms with Gasteiger partial charge in [0, 0.05) is 55.3 Å². The Hall–Kier alpha value is -1.35. The minimum atomic E-state index is 0.531. The van der Waals surface area contributed by atoms with E-state index in [0.29, 0.717) is 5.92 Å². The van der Waals surface area contributed by atoms with E-state index in [4.69, 9.17) is 4.74 Å². The summed E-state index contributed by atoms with van der Waals surface area (Å²) in [7, 11) is 0. The van der Waals surface area contributed by atoms with E-state index in [2.05, 4.69) is 29.6 Å².